The lowest BCUT2D eigenvalue weighted by Gasteiger charge is -2.43. The molecule has 2 aliphatic heterocycles. The molecule has 0 N–H and O–H groups in total. The van der Waals surface area contributed by atoms with Gasteiger partial charge in [0.1, 0.15) is 6.10 Å². The molecule has 0 amide bonds. The maximum Gasteiger partial charge on any atom is 0.311 e. The normalized spacial score (nSPS) is 39.7. The van der Waals surface area contributed by atoms with Crippen molar-refractivity contribution in [1.82, 2.24) is 4.90 Å². The minimum atomic E-state index is -0.226. The molecular formula is C19H25NO4. The van der Waals surface area contributed by atoms with Gasteiger partial charge in [-0.2, -0.15) is 0 Å². The van der Waals surface area contributed by atoms with Gasteiger partial charge in [-0.15, -0.1) is 0 Å². The Morgan fingerprint density at radius 2 is 2.04 bits per heavy atom. The van der Waals surface area contributed by atoms with Crippen LogP contribution in [0.15, 0.2) is 23.3 Å². The number of fused-ring (bicyclic) bond motifs is 3. The molecule has 3 fully saturated rings. The van der Waals surface area contributed by atoms with E-state index in [1.165, 1.54) is 0 Å². The van der Waals surface area contributed by atoms with Gasteiger partial charge in [0, 0.05) is 36.5 Å². The van der Waals surface area contributed by atoms with E-state index in [1.54, 1.807) is 6.08 Å². The van der Waals surface area contributed by atoms with Gasteiger partial charge in [-0.25, -0.2) is 0 Å². The average Bonchev–Trinajstić information content (AvgIpc) is 2.88. The van der Waals surface area contributed by atoms with Crippen LogP contribution in [-0.4, -0.2) is 55.6 Å². The van der Waals surface area contributed by atoms with E-state index in [1.807, 2.05) is 13.0 Å². The molecule has 0 bridgehead atoms. The van der Waals surface area contributed by atoms with Crippen molar-refractivity contribution in [3.63, 3.8) is 0 Å². The first-order chi connectivity index (χ1) is 11.5. The maximum absolute atomic E-state index is 12.6. The SMILES string of the molecule is CC1=C2[C@H]3OC(=O)[C@@H](CN4CCOCC4)[C@@H]3CC[C@@]2(C)C=CC1=O. The minimum Gasteiger partial charge on any atom is -0.457 e. The summed E-state index contributed by atoms with van der Waals surface area (Å²) in [4.78, 5) is 27.0. The molecule has 0 radical (unpaired) electrons. The third kappa shape index (κ3) is 2.45. The van der Waals surface area contributed by atoms with Crippen LogP contribution >= 0.6 is 0 Å². The molecule has 2 heterocycles. The van der Waals surface area contributed by atoms with Crippen LogP contribution in [0.1, 0.15) is 26.7 Å². The fraction of sp³-hybridized carbons (Fsp3) is 0.684. The van der Waals surface area contributed by atoms with Crippen molar-refractivity contribution in [2.75, 3.05) is 32.8 Å². The zero-order valence-electron chi connectivity index (χ0n) is 14.4. The van der Waals surface area contributed by atoms with E-state index in [2.05, 4.69) is 11.8 Å². The fourth-order valence-corrected chi connectivity index (χ4v) is 4.84. The van der Waals surface area contributed by atoms with Gasteiger partial charge in [-0.3, -0.25) is 14.5 Å². The highest BCUT2D eigenvalue weighted by Gasteiger charge is 2.54. The second-order valence-electron chi connectivity index (χ2n) is 7.73. The van der Waals surface area contributed by atoms with Gasteiger partial charge in [0.25, 0.3) is 0 Å². The fourth-order valence-electron chi connectivity index (χ4n) is 4.84. The highest BCUT2D eigenvalue weighted by molar-refractivity contribution is 6.05. The Bertz CT molecular complexity index is 631. The maximum atomic E-state index is 12.6. The number of carbonyl (C=O) groups excluding carboxylic acids is 2. The lowest BCUT2D eigenvalue weighted by atomic mass is 9.61. The van der Waals surface area contributed by atoms with Gasteiger partial charge in [0.2, 0.25) is 0 Å². The number of carbonyl (C=O) groups is 2. The topological polar surface area (TPSA) is 55.8 Å². The summed E-state index contributed by atoms with van der Waals surface area (Å²) in [5, 5.41) is 0. The van der Waals surface area contributed by atoms with Crippen molar-refractivity contribution in [2.45, 2.75) is 32.8 Å². The van der Waals surface area contributed by atoms with Gasteiger partial charge in [-0.1, -0.05) is 13.0 Å². The van der Waals surface area contributed by atoms with Crippen molar-refractivity contribution >= 4 is 11.8 Å². The Hall–Kier alpha value is -1.46. The molecular weight excluding hydrogens is 306 g/mol. The summed E-state index contributed by atoms with van der Waals surface area (Å²) < 4.78 is 11.2. The largest absolute Gasteiger partial charge is 0.457 e. The lowest BCUT2D eigenvalue weighted by Crippen LogP contribution is -2.44. The molecule has 0 aromatic carbocycles. The van der Waals surface area contributed by atoms with E-state index in [9.17, 15) is 9.59 Å². The van der Waals surface area contributed by atoms with Gasteiger partial charge in [-0.05, 0) is 31.4 Å². The molecule has 0 unspecified atom stereocenters. The Balaban J connectivity index is 1.60. The Kier molecular flexibility index (Phi) is 3.88. The predicted molar refractivity (Wildman–Crippen MR) is 88.3 cm³/mol. The summed E-state index contributed by atoms with van der Waals surface area (Å²) in [6.45, 7) is 8.01. The third-order valence-corrected chi connectivity index (χ3v) is 6.28. The van der Waals surface area contributed by atoms with Gasteiger partial charge in [0.05, 0.1) is 19.1 Å². The van der Waals surface area contributed by atoms with Gasteiger partial charge >= 0.3 is 5.97 Å². The summed E-state index contributed by atoms with van der Waals surface area (Å²) in [7, 11) is 0. The minimum absolute atomic E-state index is 0.0517. The number of allylic oxidation sites excluding steroid dienone is 3. The van der Waals surface area contributed by atoms with Crippen LogP contribution in [0.3, 0.4) is 0 Å². The summed E-state index contributed by atoms with van der Waals surface area (Å²) in [5.41, 5.74) is 1.67. The molecule has 0 spiro atoms. The second kappa shape index (κ2) is 5.81. The van der Waals surface area contributed by atoms with E-state index in [0.29, 0.717) is 0 Å². The van der Waals surface area contributed by atoms with Crippen LogP contribution in [-0.2, 0) is 19.1 Å². The molecule has 1 saturated carbocycles. The van der Waals surface area contributed by atoms with Crippen LogP contribution in [0, 0.1) is 17.3 Å². The van der Waals surface area contributed by atoms with Crippen molar-refractivity contribution in [2.24, 2.45) is 17.3 Å². The Morgan fingerprint density at radius 1 is 1.29 bits per heavy atom. The van der Waals surface area contributed by atoms with E-state index >= 15 is 0 Å². The number of esters is 1. The number of hydrogen-bond acceptors (Lipinski definition) is 5. The van der Waals surface area contributed by atoms with Crippen LogP contribution in [0.5, 0.6) is 0 Å². The molecule has 5 heteroatoms. The van der Waals surface area contributed by atoms with Crippen LogP contribution < -0.4 is 0 Å². The molecule has 0 aromatic heterocycles. The Labute approximate surface area is 142 Å². The molecule has 2 saturated heterocycles. The van der Waals surface area contributed by atoms with Crippen molar-refractivity contribution in [1.29, 1.82) is 0 Å². The number of ketones is 1. The van der Waals surface area contributed by atoms with E-state index < -0.39 is 0 Å². The first-order valence-electron chi connectivity index (χ1n) is 8.95. The summed E-state index contributed by atoms with van der Waals surface area (Å²) in [6, 6.07) is 0. The molecule has 4 aliphatic rings. The average molecular weight is 331 g/mol. The molecule has 4 atom stereocenters. The number of ether oxygens (including phenoxy) is 2. The smallest absolute Gasteiger partial charge is 0.311 e. The molecule has 24 heavy (non-hydrogen) atoms. The van der Waals surface area contributed by atoms with Crippen molar-refractivity contribution < 1.29 is 19.1 Å². The zero-order chi connectivity index (χ0) is 16.9. The quantitative estimate of drug-likeness (QED) is 0.721. The molecule has 4 rings (SSSR count). The number of hydrogen-bond donors (Lipinski definition) is 0. The number of rotatable bonds is 2. The third-order valence-electron chi connectivity index (χ3n) is 6.28. The zero-order valence-corrected chi connectivity index (χ0v) is 14.4. The van der Waals surface area contributed by atoms with Crippen molar-refractivity contribution in [3.8, 4) is 0 Å². The monoisotopic (exact) mass is 331 g/mol. The predicted octanol–water partition coefficient (Wildman–Crippen LogP) is 1.73. The summed E-state index contributed by atoms with van der Waals surface area (Å²) in [6.07, 6.45) is 5.41. The first-order valence-corrected chi connectivity index (χ1v) is 8.95. The standard InChI is InChI=1S/C19H25NO4/c1-12-15(21)4-6-19(2)5-3-13-14(11-20-7-9-23-10-8-20)18(22)24-17(13)16(12)19/h4,6,13-14,17H,3,5,7-11H2,1-2H3/t13-,14-,17-,19-/m0/s1. The number of morpholine rings is 1. The van der Waals surface area contributed by atoms with Crippen LogP contribution in [0.25, 0.3) is 0 Å². The van der Waals surface area contributed by atoms with Gasteiger partial charge in [0.15, 0.2) is 5.78 Å². The molecule has 5 nitrogen and oxygen atoms in total. The summed E-state index contributed by atoms with van der Waals surface area (Å²) in [5.74, 6) is 0.0653. The van der Waals surface area contributed by atoms with Crippen molar-refractivity contribution in [3.05, 3.63) is 23.3 Å². The van der Waals surface area contributed by atoms with Crippen LogP contribution in [0.4, 0.5) is 0 Å². The Morgan fingerprint density at radius 3 is 2.79 bits per heavy atom. The summed E-state index contributed by atoms with van der Waals surface area (Å²) >= 11 is 0. The van der Waals surface area contributed by atoms with E-state index in [0.717, 1.165) is 56.8 Å². The number of nitrogens with zero attached hydrogens (tertiary/aromatic N) is 1. The molecule has 0 aromatic rings. The van der Waals surface area contributed by atoms with Gasteiger partial charge < -0.3 is 9.47 Å². The molecule has 2 aliphatic carbocycles. The van der Waals surface area contributed by atoms with Crippen LogP contribution in [0.2, 0.25) is 0 Å². The second-order valence-corrected chi connectivity index (χ2v) is 7.73. The van der Waals surface area contributed by atoms with E-state index in [-0.39, 0.29) is 35.1 Å². The highest BCUT2D eigenvalue weighted by atomic mass is 16.6. The molecule has 130 valence electrons. The lowest BCUT2D eigenvalue weighted by molar-refractivity contribution is -0.144. The van der Waals surface area contributed by atoms with E-state index in [4.69, 9.17) is 9.47 Å². The highest BCUT2D eigenvalue weighted by Crippen LogP contribution is 2.53. The first kappa shape index (κ1) is 16.0.